The van der Waals surface area contributed by atoms with Gasteiger partial charge < -0.3 is 0 Å². The summed E-state index contributed by atoms with van der Waals surface area (Å²) in [5.41, 5.74) is 0. The first-order chi connectivity index (χ1) is 5.97. The van der Waals surface area contributed by atoms with Crippen LogP contribution in [0.2, 0.25) is 5.15 Å². The van der Waals surface area contributed by atoms with Gasteiger partial charge in [0.1, 0.15) is 5.03 Å². The smallest absolute Gasteiger partial charge is 0.170 e. The molecule has 0 saturated heterocycles. The van der Waals surface area contributed by atoms with Gasteiger partial charge in [-0.1, -0.05) is 23.4 Å². The van der Waals surface area contributed by atoms with Crippen molar-refractivity contribution in [2.24, 2.45) is 0 Å². The highest BCUT2D eigenvalue weighted by atomic mass is 35.5. The second-order valence-corrected chi connectivity index (χ2v) is 3.48. The molecule has 0 aliphatic heterocycles. The Morgan fingerprint density at radius 2 is 2.00 bits per heavy atom. The molecule has 1 aromatic rings. The van der Waals surface area contributed by atoms with Gasteiger partial charge in [0.2, 0.25) is 0 Å². The normalized spacial score (nSPS) is 11.7. The fraction of sp³-hybridized carbons (Fsp3) is 0.333. The Morgan fingerprint density at radius 1 is 1.31 bits per heavy atom. The van der Waals surface area contributed by atoms with Crippen LogP contribution in [-0.2, 0) is 0 Å². The first-order valence-electron chi connectivity index (χ1n) is 3.16. The van der Waals surface area contributed by atoms with Crippen molar-refractivity contribution in [3.05, 3.63) is 17.3 Å². The SMILES string of the molecule is FC(F)(F)CSc1ccc(Cl)nn1. The van der Waals surface area contributed by atoms with E-state index in [1.807, 2.05) is 0 Å². The molecule has 0 atom stereocenters. The van der Waals surface area contributed by atoms with Gasteiger partial charge in [0, 0.05) is 0 Å². The van der Waals surface area contributed by atoms with Gasteiger partial charge >= 0.3 is 6.18 Å². The number of rotatable bonds is 2. The summed E-state index contributed by atoms with van der Waals surface area (Å²) in [6.07, 6.45) is -4.19. The van der Waals surface area contributed by atoms with Crippen molar-refractivity contribution in [1.29, 1.82) is 0 Å². The third kappa shape index (κ3) is 4.33. The van der Waals surface area contributed by atoms with E-state index < -0.39 is 11.9 Å². The van der Waals surface area contributed by atoms with Crippen molar-refractivity contribution >= 4 is 23.4 Å². The zero-order chi connectivity index (χ0) is 9.90. The molecule has 72 valence electrons. The third-order valence-electron chi connectivity index (χ3n) is 0.991. The number of thioether (sulfide) groups is 1. The van der Waals surface area contributed by atoms with Crippen LogP contribution in [0.15, 0.2) is 17.2 Å². The third-order valence-corrected chi connectivity index (χ3v) is 2.18. The predicted molar refractivity (Wildman–Crippen MR) is 43.8 cm³/mol. The minimum absolute atomic E-state index is 0.163. The molecule has 0 amide bonds. The number of alkyl halides is 3. The van der Waals surface area contributed by atoms with E-state index in [-0.39, 0.29) is 10.2 Å². The van der Waals surface area contributed by atoms with Crippen molar-refractivity contribution in [2.75, 3.05) is 5.75 Å². The first kappa shape index (κ1) is 10.6. The summed E-state index contributed by atoms with van der Waals surface area (Å²) in [6, 6.07) is 2.79. The molecule has 13 heavy (non-hydrogen) atoms. The summed E-state index contributed by atoms with van der Waals surface area (Å²) < 4.78 is 35.2. The van der Waals surface area contributed by atoms with Crippen molar-refractivity contribution in [1.82, 2.24) is 10.2 Å². The van der Waals surface area contributed by atoms with E-state index in [1.54, 1.807) is 0 Å². The molecule has 0 aliphatic carbocycles. The monoisotopic (exact) mass is 228 g/mol. The predicted octanol–water partition coefficient (Wildman–Crippen LogP) is 2.78. The van der Waals surface area contributed by atoms with Gasteiger partial charge in [-0.15, -0.1) is 10.2 Å². The molecule has 7 heteroatoms. The lowest BCUT2D eigenvalue weighted by Crippen LogP contribution is -2.10. The minimum Gasteiger partial charge on any atom is -0.170 e. The van der Waals surface area contributed by atoms with E-state index in [1.165, 1.54) is 12.1 Å². The molecular formula is C6H4ClF3N2S. The Bertz CT molecular complexity index is 274. The molecule has 0 aromatic carbocycles. The number of hydrogen-bond acceptors (Lipinski definition) is 3. The van der Waals surface area contributed by atoms with Crippen LogP contribution >= 0.6 is 23.4 Å². The molecule has 0 N–H and O–H groups in total. The molecule has 1 aromatic heterocycles. The zero-order valence-electron chi connectivity index (χ0n) is 6.18. The Kier molecular flexibility index (Phi) is 3.38. The Morgan fingerprint density at radius 3 is 2.46 bits per heavy atom. The fourth-order valence-electron chi connectivity index (χ4n) is 0.537. The molecule has 0 spiro atoms. The number of aromatic nitrogens is 2. The van der Waals surface area contributed by atoms with Crippen LogP contribution in [0.3, 0.4) is 0 Å². The standard InChI is InChI=1S/C6H4ClF3N2S/c7-4-1-2-5(12-11-4)13-3-6(8,9)10/h1-2H,3H2. The molecule has 0 aliphatic rings. The number of halogens is 4. The maximum Gasteiger partial charge on any atom is 0.398 e. The maximum atomic E-state index is 11.7. The van der Waals surface area contributed by atoms with Crippen molar-refractivity contribution in [3.8, 4) is 0 Å². The lowest BCUT2D eigenvalue weighted by molar-refractivity contribution is -0.105. The summed E-state index contributed by atoms with van der Waals surface area (Å²) in [4.78, 5) is 0. The Labute approximate surface area is 81.5 Å². The molecule has 1 rings (SSSR count). The van der Waals surface area contributed by atoms with Crippen molar-refractivity contribution < 1.29 is 13.2 Å². The van der Waals surface area contributed by atoms with Gasteiger partial charge in [0.05, 0.1) is 5.75 Å². The van der Waals surface area contributed by atoms with E-state index >= 15 is 0 Å². The van der Waals surface area contributed by atoms with Crippen LogP contribution in [0.5, 0.6) is 0 Å². The fourth-order valence-corrected chi connectivity index (χ4v) is 1.21. The van der Waals surface area contributed by atoms with Gasteiger partial charge in [-0.05, 0) is 12.1 Å². The summed E-state index contributed by atoms with van der Waals surface area (Å²) in [5.74, 6) is -0.969. The molecule has 0 bridgehead atoms. The number of nitrogens with zero attached hydrogens (tertiary/aromatic N) is 2. The molecule has 0 fully saturated rings. The average molecular weight is 229 g/mol. The van der Waals surface area contributed by atoms with Crippen LogP contribution in [0.1, 0.15) is 0 Å². The zero-order valence-corrected chi connectivity index (χ0v) is 7.75. The Hall–Kier alpha value is -0.490. The van der Waals surface area contributed by atoms with Crippen molar-refractivity contribution in [2.45, 2.75) is 11.2 Å². The topological polar surface area (TPSA) is 25.8 Å². The highest BCUT2D eigenvalue weighted by molar-refractivity contribution is 7.99. The second-order valence-electron chi connectivity index (χ2n) is 2.10. The largest absolute Gasteiger partial charge is 0.398 e. The molecule has 0 radical (unpaired) electrons. The first-order valence-corrected chi connectivity index (χ1v) is 4.52. The highest BCUT2D eigenvalue weighted by Gasteiger charge is 2.27. The van der Waals surface area contributed by atoms with E-state index in [0.717, 1.165) is 0 Å². The summed E-state index contributed by atoms with van der Waals surface area (Å²) in [6.45, 7) is 0. The quantitative estimate of drug-likeness (QED) is 0.728. The van der Waals surface area contributed by atoms with E-state index in [0.29, 0.717) is 11.8 Å². The summed E-state index contributed by atoms with van der Waals surface area (Å²) in [5, 5.41) is 7.24. The van der Waals surface area contributed by atoms with Crippen LogP contribution in [0.4, 0.5) is 13.2 Å². The van der Waals surface area contributed by atoms with Gasteiger partial charge in [-0.25, -0.2) is 0 Å². The molecule has 2 nitrogen and oxygen atoms in total. The summed E-state index contributed by atoms with van der Waals surface area (Å²) >= 11 is 5.98. The lowest BCUT2D eigenvalue weighted by Gasteiger charge is -2.03. The van der Waals surface area contributed by atoms with E-state index in [2.05, 4.69) is 10.2 Å². The van der Waals surface area contributed by atoms with Gasteiger partial charge in [-0.3, -0.25) is 0 Å². The average Bonchev–Trinajstić information content (AvgIpc) is 2.02. The minimum atomic E-state index is -4.19. The molecule has 1 heterocycles. The Balaban J connectivity index is 2.51. The van der Waals surface area contributed by atoms with Crippen LogP contribution in [-0.4, -0.2) is 22.1 Å². The lowest BCUT2D eigenvalue weighted by atomic mass is 10.6. The number of hydrogen-bond donors (Lipinski definition) is 0. The van der Waals surface area contributed by atoms with Gasteiger partial charge in [0.15, 0.2) is 5.15 Å². The van der Waals surface area contributed by atoms with Crippen LogP contribution in [0, 0.1) is 0 Å². The summed E-state index contributed by atoms with van der Waals surface area (Å²) in [7, 11) is 0. The molecule has 0 unspecified atom stereocenters. The molecular weight excluding hydrogens is 225 g/mol. The van der Waals surface area contributed by atoms with Crippen LogP contribution < -0.4 is 0 Å². The van der Waals surface area contributed by atoms with Gasteiger partial charge in [-0.2, -0.15) is 13.2 Å². The van der Waals surface area contributed by atoms with Gasteiger partial charge in [0.25, 0.3) is 0 Å². The molecule has 0 saturated carbocycles. The van der Waals surface area contributed by atoms with E-state index in [9.17, 15) is 13.2 Å². The maximum absolute atomic E-state index is 11.7. The second kappa shape index (κ2) is 4.15. The van der Waals surface area contributed by atoms with Crippen molar-refractivity contribution in [3.63, 3.8) is 0 Å². The highest BCUT2D eigenvalue weighted by Crippen LogP contribution is 2.25. The van der Waals surface area contributed by atoms with E-state index in [4.69, 9.17) is 11.6 Å². The van der Waals surface area contributed by atoms with Crippen LogP contribution in [0.25, 0.3) is 0 Å².